The predicted octanol–water partition coefficient (Wildman–Crippen LogP) is 3.23. The van der Waals surface area contributed by atoms with Crippen molar-refractivity contribution in [3.63, 3.8) is 0 Å². The molecule has 43 heavy (non-hydrogen) atoms. The molecule has 0 bridgehead atoms. The summed E-state index contributed by atoms with van der Waals surface area (Å²) in [6, 6.07) is 15.8. The largest absolute Gasteiger partial charge is 0.497 e. The van der Waals surface area contributed by atoms with Crippen LogP contribution in [0.3, 0.4) is 0 Å². The number of sulfonamides is 1. The maximum Gasteiger partial charge on any atom is 0.306 e. The van der Waals surface area contributed by atoms with Crippen LogP contribution in [0.1, 0.15) is 39.2 Å². The van der Waals surface area contributed by atoms with E-state index in [4.69, 9.17) is 18.9 Å². The van der Waals surface area contributed by atoms with E-state index in [1.807, 2.05) is 44.2 Å². The molecule has 2 aromatic rings. The van der Waals surface area contributed by atoms with Crippen molar-refractivity contribution < 1.29 is 37.3 Å². The molecule has 2 aliphatic heterocycles. The second-order valence-electron chi connectivity index (χ2n) is 11.8. The molecule has 2 aliphatic rings. The number of nitrogens with one attached hydrogen (secondary N) is 1. The number of carbonyl (C=O) groups is 1. The highest BCUT2D eigenvalue weighted by molar-refractivity contribution is 7.89. The van der Waals surface area contributed by atoms with Crippen molar-refractivity contribution in [3.05, 3.63) is 60.2 Å². The molecule has 2 aromatic carbocycles. The van der Waals surface area contributed by atoms with E-state index >= 15 is 0 Å². The highest BCUT2D eigenvalue weighted by atomic mass is 32.2. The summed E-state index contributed by atoms with van der Waals surface area (Å²) < 4.78 is 51.4. The average Bonchev–Trinajstić information content (AvgIpc) is 3.58. The lowest BCUT2D eigenvalue weighted by atomic mass is 9.90. The van der Waals surface area contributed by atoms with Gasteiger partial charge in [0.15, 0.2) is 6.29 Å². The molecule has 0 aromatic heterocycles. The third-order valence-corrected chi connectivity index (χ3v) is 9.83. The maximum atomic E-state index is 13.7. The van der Waals surface area contributed by atoms with Crippen LogP contribution in [-0.4, -0.2) is 88.3 Å². The number of benzene rings is 2. The van der Waals surface area contributed by atoms with Crippen LogP contribution in [0.2, 0.25) is 0 Å². The summed E-state index contributed by atoms with van der Waals surface area (Å²) in [6.45, 7) is 7.56. The molecule has 4 rings (SSSR count). The highest BCUT2D eigenvalue weighted by Crippen LogP contribution is 2.34. The number of ether oxygens (including phenoxy) is 4. The Morgan fingerprint density at radius 3 is 2.42 bits per heavy atom. The van der Waals surface area contributed by atoms with Gasteiger partial charge in [-0.3, -0.25) is 4.79 Å². The van der Waals surface area contributed by atoms with E-state index in [0.717, 1.165) is 18.5 Å². The van der Waals surface area contributed by atoms with Crippen molar-refractivity contribution in [3.8, 4) is 5.75 Å². The van der Waals surface area contributed by atoms with Crippen LogP contribution in [0, 0.1) is 17.8 Å². The number of hydrogen-bond acceptors (Lipinski definition) is 9. The Labute approximate surface area is 255 Å². The lowest BCUT2D eigenvalue weighted by Gasteiger charge is -2.30. The monoisotopic (exact) mass is 618 g/mol. The van der Waals surface area contributed by atoms with Gasteiger partial charge in [-0.05, 0) is 55.1 Å². The first-order valence-corrected chi connectivity index (χ1v) is 16.6. The zero-order valence-electron chi connectivity index (χ0n) is 25.6. The number of aliphatic hydroxyl groups is 1. The number of rotatable bonds is 16. The van der Waals surface area contributed by atoms with E-state index in [-0.39, 0.29) is 48.9 Å². The van der Waals surface area contributed by atoms with Crippen molar-refractivity contribution >= 4 is 16.0 Å². The third kappa shape index (κ3) is 8.77. The summed E-state index contributed by atoms with van der Waals surface area (Å²) in [7, 11) is -2.41. The Balaban J connectivity index is 1.50. The molecule has 11 heteroatoms. The van der Waals surface area contributed by atoms with E-state index in [9.17, 15) is 18.3 Å². The predicted molar refractivity (Wildman–Crippen MR) is 162 cm³/mol. The van der Waals surface area contributed by atoms with Crippen LogP contribution < -0.4 is 10.1 Å². The molecular formula is C32H46N2O8S. The topological polar surface area (TPSA) is 124 Å². The van der Waals surface area contributed by atoms with Crippen LogP contribution in [0.15, 0.2) is 59.5 Å². The van der Waals surface area contributed by atoms with Crippen molar-refractivity contribution in [1.29, 1.82) is 0 Å². The summed E-state index contributed by atoms with van der Waals surface area (Å²) >= 11 is 0. The standard InChI is InChI=1S/C32H46N2O8S/c1-5-15-33-27-20-40-32-31(27)29(21-41-32)42-30(36)17-24(16-23-9-7-6-8-10-23)28(35)19-34(18-22(2)3)43(37,38)26-13-11-25(39-4)12-14-26/h6-14,22,24,27-29,31-33,35H,5,15-21H2,1-4H3/t24-,27+,28-,29+,31+,32-/m1/s1. The van der Waals surface area contributed by atoms with Gasteiger partial charge >= 0.3 is 5.97 Å². The number of hydrogen-bond donors (Lipinski definition) is 2. The zero-order valence-corrected chi connectivity index (χ0v) is 26.4. The van der Waals surface area contributed by atoms with Crippen LogP contribution in [0.4, 0.5) is 0 Å². The van der Waals surface area contributed by atoms with Gasteiger partial charge < -0.3 is 29.4 Å². The quantitative estimate of drug-likeness (QED) is 0.273. The van der Waals surface area contributed by atoms with Crippen molar-refractivity contribution in [2.75, 3.05) is 40.0 Å². The van der Waals surface area contributed by atoms with Crippen molar-refractivity contribution in [2.24, 2.45) is 17.8 Å². The first-order chi connectivity index (χ1) is 20.6. The molecule has 2 N–H and O–H groups in total. The number of aliphatic hydroxyl groups excluding tert-OH is 1. The van der Waals surface area contributed by atoms with Gasteiger partial charge in [0.25, 0.3) is 0 Å². The second-order valence-corrected chi connectivity index (χ2v) is 13.8. The molecule has 0 unspecified atom stereocenters. The molecule has 0 aliphatic carbocycles. The van der Waals surface area contributed by atoms with Gasteiger partial charge in [0.2, 0.25) is 10.0 Å². The smallest absolute Gasteiger partial charge is 0.306 e. The summed E-state index contributed by atoms with van der Waals surface area (Å²) in [4.78, 5) is 13.5. The summed E-state index contributed by atoms with van der Waals surface area (Å²) in [5.41, 5.74) is 0.935. The Morgan fingerprint density at radius 1 is 1.07 bits per heavy atom. The fraction of sp³-hybridized carbons (Fsp3) is 0.594. The van der Waals surface area contributed by atoms with Crippen molar-refractivity contribution in [1.82, 2.24) is 9.62 Å². The second kappa shape index (κ2) is 15.5. The van der Waals surface area contributed by atoms with E-state index in [2.05, 4.69) is 12.2 Å². The SMILES string of the molecule is CCCN[C@H]1CO[C@@H]2OC[C@H](OC(=O)C[C@@H](Cc3ccccc3)[C@H](O)CN(CC(C)C)S(=O)(=O)c3ccc(OC)cc3)[C@@H]21. The normalized spacial score (nSPS) is 23.3. The van der Waals surface area contributed by atoms with Crippen LogP contribution in [0.5, 0.6) is 5.75 Å². The highest BCUT2D eigenvalue weighted by Gasteiger charge is 2.49. The van der Waals surface area contributed by atoms with E-state index in [1.165, 1.54) is 23.5 Å². The molecular weight excluding hydrogens is 572 g/mol. The average molecular weight is 619 g/mol. The molecule has 2 fully saturated rings. The summed E-state index contributed by atoms with van der Waals surface area (Å²) in [5.74, 6) is -0.585. The molecule has 0 radical (unpaired) electrons. The lowest BCUT2D eigenvalue weighted by Crippen LogP contribution is -2.44. The number of esters is 1. The minimum Gasteiger partial charge on any atom is -0.497 e. The first kappa shape index (κ1) is 33.4. The number of fused-ring (bicyclic) bond motifs is 1. The third-order valence-electron chi connectivity index (χ3n) is 7.98. The van der Waals surface area contributed by atoms with E-state index in [1.54, 1.807) is 12.1 Å². The summed E-state index contributed by atoms with van der Waals surface area (Å²) in [5, 5.41) is 15.0. The van der Waals surface area contributed by atoms with Gasteiger partial charge in [0.1, 0.15) is 11.9 Å². The molecule has 2 saturated heterocycles. The van der Waals surface area contributed by atoms with Crippen molar-refractivity contribution in [2.45, 2.75) is 69.5 Å². The minimum atomic E-state index is -3.93. The zero-order chi connectivity index (χ0) is 31.0. The number of methoxy groups -OCH3 is 1. The molecule has 10 nitrogen and oxygen atoms in total. The van der Waals surface area contributed by atoms with Crippen LogP contribution in [0.25, 0.3) is 0 Å². The summed E-state index contributed by atoms with van der Waals surface area (Å²) in [6.07, 6.45) is -0.717. The van der Waals surface area contributed by atoms with Crippen LogP contribution in [-0.2, 0) is 35.4 Å². The minimum absolute atomic E-state index is 0.0102. The Kier molecular flexibility index (Phi) is 12.0. The molecule has 238 valence electrons. The van der Waals surface area contributed by atoms with Gasteiger partial charge in [0.05, 0.1) is 43.7 Å². The van der Waals surface area contributed by atoms with E-state index in [0.29, 0.717) is 18.8 Å². The fourth-order valence-corrected chi connectivity index (χ4v) is 7.39. The van der Waals surface area contributed by atoms with Gasteiger partial charge in [-0.1, -0.05) is 51.1 Å². The molecule has 6 atom stereocenters. The maximum absolute atomic E-state index is 13.7. The molecule has 0 saturated carbocycles. The Morgan fingerprint density at radius 2 is 1.77 bits per heavy atom. The van der Waals surface area contributed by atoms with E-state index < -0.39 is 40.4 Å². The number of nitrogens with zero attached hydrogens (tertiary/aromatic N) is 1. The lowest BCUT2D eigenvalue weighted by molar-refractivity contribution is -0.153. The van der Waals surface area contributed by atoms with Gasteiger partial charge in [0, 0.05) is 25.0 Å². The fourth-order valence-electron chi connectivity index (χ4n) is 5.77. The molecule has 0 spiro atoms. The van der Waals surface area contributed by atoms with Gasteiger partial charge in [-0.25, -0.2) is 8.42 Å². The first-order valence-electron chi connectivity index (χ1n) is 15.1. The van der Waals surface area contributed by atoms with Gasteiger partial charge in [-0.2, -0.15) is 4.31 Å². The Hall–Kier alpha value is -2.54. The van der Waals surface area contributed by atoms with Gasteiger partial charge in [-0.15, -0.1) is 0 Å². The Bertz CT molecular complexity index is 1260. The molecule has 0 amide bonds. The number of carbonyl (C=O) groups excluding carboxylic acids is 1. The molecule has 2 heterocycles. The van der Waals surface area contributed by atoms with Crippen LogP contribution >= 0.6 is 0 Å².